The zero-order chi connectivity index (χ0) is 19.5. The minimum atomic E-state index is -0.339. The summed E-state index contributed by atoms with van der Waals surface area (Å²) < 4.78 is 13.0. The Morgan fingerprint density at radius 2 is 1.61 bits per heavy atom. The number of piperazine rings is 1. The molecule has 1 aliphatic rings. The molecule has 4 rings (SSSR count). The minimum Gasteiger partial charge on any atom is -0.352 e. The second-order valence-electron chi connectivity index (χ2n) is 6.88. The summed E-state index contributed by atoms with van der Waals surface area (Å²) in [5.74, 6) is 0.404. The molecule has 0 N–H and O–H groups in total. The number of carbonyl (C=O) groups is 1. The van der Waals surface area contributed by atoms with E-state index < -0.39 is 0 Å². The molecule has 2 heterocycles. The van der Waals surface area contributed by atoms with Gasteiger partial charge in [0.2, 0.25) is 0 Å². The first-order chi connectivity index (χ1) is 13.6. The van der Waals surface area contributed by atoms with E-state index in [1.165, 1.54) is 24.3 Å². The molecular formula is C22H21FN4O. The summed E-state index contributed by atoms with van der Waals surface area (Å²) in [5.41, 5.74) is 3.61. The fraction of sp³-hybridized carbons (Fsp3) is 0.227. The van der Waals surface area contributed by atoms with Crippen molar-refractivity contribution in [3.63, 3.8) is 0 Å². The van der Waals surface area contributed by atoms with Crippen LogP contribution in [0.5, 0.6) is 0 Å². The van der Waals surface area contributed by atoms with E-state index in [1.807, 2.05) is 30.3 Å². The SMILES string of the molecule is Cc1ccccc1-c1ccc(N2CCN(C(=O)c3ccc(F)cc3)CC2)nn1. The highest BCUT2D eigenvalue weighted by Gasteiger charge is 2.23. The molecule has 28 heavy (non-hydrogen) atoms. The Kier molecular flexibility index (Phi) is 5.02. The Morgan fingerprint density at radius 1 is 0.893 bits per heavy atom. The first-order valence-electron chi connectivity index (χ1n) is 9.31. The first kappa shape index (κ1) is 18.1. The van der Waals surface area contributed by atoms with E-state index in [-0.39, 0.29) is 11.7 Å². The van der Waals surface area contributed by atoms with Crippen LogP contribution >= 0.6 is 0 Å². The van der Waals surface area contributed by atoms with Crippen LogP contribution in [0.4, 0.5) is 10.2 Å². The number of amides is 1. The third-order valence-corrected chi connectivity index (χ3v) is 5.05. The lowest BCUT2D eigenvalue weighted by molar-refractivity contribution is 0.0746. The van der Waals surface area contributed by atoms with Crippen molar-refractivity contribution in [1.29, 1.82) is 0 Å². The summed E-state index contributed by atoms with van der Waals surface area (Å²) in [6, 6.07) is 17.8. The highest BCUT2D eigenvalue weighted by atomic mass is 19.1. The first-order valence-corrected chi connectivity index (χ1v) is 9.31. The maximum atomic E-state index is 13.0. The highest BCUT2D eigenvalue weighted by Crippen LogP contribution is 2.22. The molecule has 0 radical (unpaired) electrons. The Morgan fingerprint density at radius 3 is 2.25 bits per heavy atom. The van der Waals surface area contributed by atoms with Crippen LogP contribution in [0.2, 0.25) is 0 Å². The van der Waals surface area contributed by atoms with Crippen LogP contribution in [-0.2, 0) is 0 Å². The van der Waals surface area contributed by atoms with Crippen molar-refractivity contribution in [3.8, 4) is 11.3 Å². The van der Waals surface area contributed by atoms with E-state index in [4.69, 9.17) is 0 Å². The molecule has 1 aromatic heterocycles. The van der Waals surface area contributed by atoms with Gasteiger partial charge < -0.3 is 9.80 Å². The van der Waals surface area contributed by atoms with E-state index >= 15 is 0 Å². The lowest BCUT2D eigenvalue weighted by Crippen LogP contribution is -2.49. The number of rotatable bonds is 3. The zero-order valence-electron chi connectivity index (χ0n) is 15.7. The molecule has 142 valence electrons. The van der Waals surface area contributed by atoms with Crippen LogP contribution in [0.15, 0.2) is 60.7 Å². The van der Waals surface area contributed by atoms with Gasteiger partial charge in [-0.05, 0) is 48.9 Å². The normalized spacial score (nSPS) is 14.2. The molecule has 0 aliphatic carbocycles. The molecule has 1 aliphatic heterocycles. The molecular weight excluding hydrogens is 355 g/mol. The number of hydrogen-bond donors (Lipinski definition) is 0. The number of aromatic nitrogens is 2. The number of halogens is 1. The van der Waals surface area contributed by atoms with Crippen LogP contribution in [0.25, 0.3) is 11.3 Å². The predicted octanol–water partition coefficient (Wildman–Crippen LogP) is 3.55. The molecule has 5 nitrogen and oxygen atoms in total. The Balaban J connectivity index is 1.40. The molecule has 2 aromatic carbocycles. The quantitative estimate of drug-likeness (QED) is 0.701. The molecule has 1 amide bonds. The summed E-state index contributed by atoms with van der Waals surface area (Å²) in [7, 11) is 0. The molecule has 0 saturated carbocycles. The Labute approximate surface area is 163 Å². The smallest absolute Gasteiger partial charge is 0.253 e. The van der Waals surface area contributed by atoms with Crippen molar-refractivity contribution in [1.82, 2.24) is 15.1 Å². The number of carbonyl (C=O) groups excluding carboxylic acids is 1. The summed E-state index contributed by atoms with van der Waals surface area (Å²) in [6.07, 6.45) is 0. The topological polar surface area (TPSA) is 49.3 Å². The van der Waals surface area contributed by atoms with Crippen LogP contribution in [0.1, 0.15) is 15.9 Å². The van der Waals surface area contributed by atoms with Gasteiger partial charge in [-0.15, -0.1) is 10.2 Å². The van der Waals surface area contributed by atoms with E-state index in [2.05, 4.69) is 28.1 Å². The van der Waals surface area contributed by atoms with Crippen LogP contribution < -0.4 is 4.90 Å². The molecule has 1 fully saturated rings. The van der Waals surface area contributed by atoms with E-state index in [0.29, 0.717) is 31.7 Å². The molecule has 0 unspecified atom stereocenters. The third kappa shape index (κ3) is 3.71. The second-order valence-corrected chi connectivity index (χ2v) is 6.88. The van der Waals surface area contributed by atoms with Gasteiger partial charge in [-0.1, -0.05) is 24.3 Å². The predicted molar refractivity (Wildman–Crippen MR) is 107 cm³/mol. The van der Waals surface area contributed by atoms with Crippen molar-refractivity contribution >= 4 is 11.7 Å². The molecule has 6 heteroatoms. The van der Waals surface area contributed by atoms with Crippen LogP contribution in [0.3, 0.4) is 0 Å². The van der Waals surface area contributed by atoms with Gasteiger partial charge in [0.1, 0.15) is 5.82 Å². The van der Waals surface area contributed by atoms with Gasteiger partial charge in [0.15, 0.2) is 5.82 Å². The van der Waals surface area contributed by atoms with Gasteiger partial charge >= 0.3 is 0 Å². The molecule has 0 bridgehead atoms. The Hall–Kier alpha value is -3.28. The minimum absolute atomic E-state index is 0.0689. The van der Waals surface area contributed by atoms with E-state index in [1.54, 1.807) is 4.90 Å². The number of benzene rings is 2. The fourth-order valence-corrected chi connectivity index (χ4v) is 3.41. The summed E-state index contributed by atoms with van der Waals surface area (Å²) in [4.78, 5) is 16.5. The van der Waals surface area contributed by atoms with Crippen molar-refractivity contribution in [2.24, 2.45) is 0 Å². The average molecular weight is 376 g/mol. The van der Waals surface area contributed by atoms with Gasteiger partial charge in [-0.2, -0.15) is 0 Å². The van der Waals surface area contributed by atoms with E-state index in [0.717, 1.165) is 22.6 Å². The standard InChI is InChI=1S/C22H21FN4O/c1-16-4-2-3-5-19(16)20-10-11-21(25-24-20)26-12-14-27(15-13-26)22(28)17-6-8-18(23)9-7-17/h2-11H,12-15H2,1H3. The summed E-state index contributed by atoms with van der Waals surface area (Å²) in [6.45, 7) is 4.62. The highest BCUT2D eigenvalue weighted by molar-refractivity contribution is 5.94. The van der Waals surface area contributed by atoms with Crippen LogP contribution in [0, 0.1) is 12.7 Å². The van der Waals surface area contributed by atoms with Crippen molar-refractivity contribution in [3.05, 3.63) is 77.6 Å². The van der Waals surface area contributed by atoms with Gasteiger partial charge in [0.05, 0.1) is 5.69 Å². The lowest BCUT2D eigenvalue weighted by Gasteiger charge is -2.35. The third-order valence-electron chi connectivity index (χ3n) is 5.05. The van der Waals surface area contributed by atoms with Gasteiger partial charge in [0, 0.05) is 37.3 Å². The summed E-state index contributed by atoms with van der Waals surface area (Å²) in [5, 5.41) is 8.78. The maximum Gasteiger partial charge on any atom is 0.253 e. The van der Waals surface area contributed by atoms with E-state index in [9.17, 15) is 9.18 Å². The lowest BCUT2D eigenvalue weighted by atomic mass is 10.1. The van der Waals surface area contributed by atoms with Crippen molar-refractivity contribution < 1.29 is 9.18 Å². The van der Waals surface area contributed by atoms with Crippen molar-refractivity contribution in [2.45, 2.75) is 6.92 Å². The molecule has 1 saturated heterocycles. The molecule has 3 aromatic rings. The number of nitrogens with zero attached hydrogens (tertiary/aromatic N) is 4. The molecule has 0 spiro atoms. The van der Waals surface area contributed by atoms with Gasteiger partial charge in [0.25, 0.3) is 5.91 Å². The van der Waals surface area contributed by atoms with Crippen molar-refractivity contribution in [2.75, 3.05) is 31.1 Å². The monoisotopic (exact) mass is 376 g/mol. The zero-order valence-corrected chi connectivity index (χ0v) is 15.7. The number of anilines is 1. The van der Waals surface area contributed by atoms with Crippen LogP contribution in [-0.4, -0.2) is 47.2 Å². The molecule has 0 atom stereocenters. The largest absolute Gasteiger partial charge is 0.352 e. The van der Waals surface area contributed by atoms with Gasteiger partial charge in [-0.3, -0.25) is 4.79 Å². The fourth-order valence-electron chi connectivity index (χ4n) is 3.41. The maximum absolute atomic E-state index is 13.0. The number of hydrogen-bond acceptors (Lipinski definition) is 4. The average Bonchev–Trinajstić information content (AvgIpc) is 2.74. The second kappa shape index (κ2) is 7.76. The number of aryl methyl sites for hydroxylation is 1. The Bertz CT molecular complexity index is 965. The van der Waals surface area contributed by atoms with Gasteiger partial charge in [-0.25, -0.2) is 4.39 Å². The summed E-state index contributed by atoms with van der Waals surface area (Å²) >= 11 is 0.